The molecule has 21 heavy (non-hydrogen) atoms. The lowest BCUT2D eigenvalue weighted by atomic mass is 10.1. The zero-order valence-electron chi connectivity index (χ0n) is 12.4. The molecule has 0 N–H and O–H groups in total. The van der Waals surface area contributed by atoms with E-state index in [4.69, 9.17) is 4.74 Å². The van der Waals surface area contributed by atoms with Crippen molar-refractivity contribution in [1.29, 1.82) is 0 Å². The molecule has 0 amide bonds. The number of fused-ring (bicyclic) bond motifs is 1. The first-order valence-corrected chi connectivity index (χ1v) is 8.29. The van der Waals surface area contributed by atoms with E-state index in [1.165, 1.54) is 15.9 Å². The Morgan fingerprint density at radius 3 is 2.81 bits per heavy atom. The predicted molar refractivity (Wildman–Crippen MR) is 83.4 cm³/mol. The number of anilines is 1. The lowest BCUT2D eigenvalue weighted by Crippen LogP contribution is -2.37. The van der Waals surface area contributed by atoms with Gasteiger partial charge in [0.2, 0.25) is 10.1 Å². The second-order valence-corrected chi connectivity index (χ2v) is 6.09. The summed E-state index contributed by atoms with van der Waals surface area (Å²) in [5, 5.41) is 5.31. The molecule has 3 heterocycles. The number of hydrogen-bond donors (Lipinski definition) is 0. The normalized spacial score (nSPS) is 16.8. The summed E-state index contributed by atoms with van der Waals surface area (Å²) < 4.78 is 7.07. The number of piperidine rings is 1. The van der Waals surface area contributed by atoms with Crippen LogP contribution < -0.4 is 10.5 Å². The van der Waals surface area contributed by atoms with Gasteiger partial charge in [-0.25, -0.2) is 4.98 Å². The number of aryl methyl sites for hydroxylation is 1. The Balaban J connectivity index is 1.82. The third kappa shape index (κ3) is 2.94. The number of nitrogens with zero attached hydrogens (tertiary/aromatic N) is 4. The van der Waals surface area contributed by atoms with Crippen molar-refractivity contribution in [3.05, 3.63) is 22.1 Å². The molecule has 0 saturated carbocycles. The molecule has 0 aromatic carbocycles. The van der Waals surface area contributed by atoms with Crippen molar-refractivity contribution < 1.29 is 4.74 Å². The molecule has 2 aromatic heterocycles. The summed E-state index contributed by atoms with van der Waals surface area (Å²) in [5.41, 5.74) is 0.730. The van der Waals surface area contributed by atoms with Crippen molar-refractivity contribution in [3.8, 4) is 0 Å². The lowest BCUT2D eigenvalue weighted by molar-refractivity contribution is 0.0459. The fourth-order valence-corrected chi connectivity index (χ4v) is 3.58. The van der Waals surface area contributed by atoms with E-state index in [0.717, 1.165) is 49.8 Å². The van der Waals surface area contributed by atoms with Crippen LogP contribution in [0.25, 0.3) is 4.96 Å². The van der Waals surface area contributed by atoms with Gasteiger partial charge >= 0.3 is 0 Å². The maximum Gasteiger partial charge on any atom is 0.275 e. The molecular weight excluding hydrogens is 288 g/mol. The van der Waals surface area contributed by atoms with Gasteiger partial charge in [-0.15, -0.1) is 5.10 Å². The van der Waals surface area contributed by atoms with Crippen LogP contribution in [0.3, 0.4) is 0 Å². The molecule has 0 atom stereocenters. The molecule has 114 valence electrons. The minimum absolute atomic E-state index is 0.0939. The topological polar surface area (TPSA) is 59.7 Å². The smallest absolute Gasteiger partial charge is 0.275 e. The van der Waals surface area contributed by atoms with E-state index in [9.17, 15) is 4.79 Å². The Labute approximate surface area is 127 Å². The highest BCUT2D eigenvalue weighted by molar-refractivity contribution is 7.20. The summed E-state index contributed by atoms with van der Waals surface area (Å²) in [6, 6.07) is 1.57. The largest absolute Gasteiger partial charge is 0.378 e. The number of hydrogen-bond acceptors (Lipinski definition) is 6. The Hall–Kier alpha value is -1.47. The van der Waals surface area contributed by atoms with Gasteiger partial charge in [-0.05, 0) is 26.2 Å². The van der Waals surface area contributed by atoms with Crippen LogP contribution in [-0.2, 0) is 11.2 Å². The molecule has 0 aliphatic carbocycles. The van der Waals surface area contributed by atoms with Crippen LogP contribution in [0.15, 0.2) is 10.9 Å². The second-order valence-electron chi connectivity index (χ2n) is 5.16. The predicted octanol–water partition coefficient (Wildman–Crippen LogP) is 1.72. The van der Waals surface area contributed by atoms with E-state index < -0.39 is 0 Å². The molecule has 1 fully saturated rings. The van der Waals surface area contributed by atoms with Gasteiger partial charge in [0.25, 0.3) is 5.56 Å². The molecule has 0 radical (unpaired) electrons. The van der Waals surface area contributed by atoms with Crippen LogP contribution >= 0.6 is 11.3 Å². The lowest BCUT2D eigenvalue weighted by Gasteiger charge is -2.31. The molecule has 7 heteroatoms. The molecule has 2 aromatic rings. The van der Waals surface area contributed by atoms with Gasteiger partial charge < -0.3 is 9.64 Å². The Kier molecular flexibility index (Phi) is 4.21. The van der Waals surface area contributed by atoms with Crippen molar-refractivity contribution in [3.63, 3.8) is 0 Å². The summed E-state index contributed by atoms with van der Waals surface area (Å²) in [5.74, 6) is 0. The molecule has 1 aliphatic rings. The number of ether oxygens (including phenoxy) is 1. The molecule has 3 rings (SSSR count). The van der Waals surface area contributed by atoms with Crippen molar-refractivity contribution in [1.82, 2.24) is 14.6 Å². The van der Waals surface area contributed by atoms with Crippen LogP contribution in [0.5, 0.6) is 0 Å². The first kappa shape index (κ1) is 14.5. The maximum atomic E-state index is 12.0. The minimum Gasteiger partial charge on any atom is -0.378 e. The highest BCUT2D eigenvalue weighted by Gasteiger charge is 2.22. The molecule has 1 aliphatic heterocycles. The monoisotopic (exact) mass is 308 g/mol. The Bertz CT molecular complexity index is 673. The number of rotatable bonds is 4. The summed E-state index contributed by atoms with van der Waals surface area (Å²) in [6.07, 6.45) is 3.13. The Morgan fingerprint density at radius 1 is 1.38 bits per heavy atom. The third-order valence-corrected chi connectivity index (χ3v) is 4.73. The minimum atomic E-state index is -0.0939. The summed E-state index contributed by atoms with van der Waals surface area (Å²) in [6.45, 7) is 6.63. The first-order valence-electron chi connectivity index (χ1n) is 7.47. The average molecular weight is 308 g/mol. The summed E-state index contributed by atoms with van der Waals surface area (Å²) >= 11 is 1.49. The van der Waals surface area contributed by atoms with Gasteiger partial charge in [0, 0.05) is 31.5 Å². The third-order valence-electron chi connectivity index (χ3n) is 3.76. The van der Waals surface area contributed by atoms with Gasteiger partial charge in [0.05, 0.1) is 6.10 Å². The zero-order chi connectivity index (χ0) is 14.8. The molecule has 0 unspecified atom stereocenters. The molecule has 0 bridgehead atoms. The van der Waals surface area contributed by atoms with Gasteiger partial charge in [0.15, 0.2) is 0 Å². The van der Waals surface area contributed by atoms with E-state index in [0.29, 0.717) is 11.1 Å². The molecular formula is C14H20N4O2S. The summed E-state index contributed by atoms with van der Waals surface area (Å²) in [7, 11) is 0. The summed E-state index contributed by atoms with van der Waals surface area (Å²) in [4.78, 5) is 19.4. The van der Waals surface area contributed by atoms with E-state index in [-0.39, 0.29) is 5.56 Å². The van der Waals surface area contributed by atoms with Crippen LogP contribution in [0.1, 0.15) is 32.4 Å². The van der Waals surface area contributed by atoms with Gasteiger partial charge in [-0.3, -0.25) is 4.79 Å². The van der Waals surface area contributed by atoms with Gasteiger partial charge in [-0.1, -0.05) is 18.3 Å². The van der Waals surface area contributed by atoms with Crippen molar-refractivity contribution >= 4 is 21.4 Å². The standard InChI is InChI=1S/C14H20N4O2S/c1-3-10-9-12(19)18-13(15-10)21-14(16-18)17-7-5-11(6-8-17)20-4-2/h9,11H,3-8H2,1-2H3. The quantitative estimate of drug-likeness (QED) is 0.860. The van der Waals surface area contributed by atoms with E-state index in [1.54, 1.807) is 6.07 Å². The van der Waals surface area contributed by atoms with Crippen molar-refractivity contribution in [2.75, 3.05) is 24.6 Å². The number of aromatic nitrogens is 3. The van der Waals surface area contributed by atoms with Crippen LogP contribution in [0.2, 0.25) is 0 Å². The van der Waals surface area contributed by atoms with Crippen LogP contribution in [0, 0.1) is 0 Å². The van der Waals surface area contributed by atoms with E-state index in [2.05, 4.69) is 15.0 Å². The second kappa shape index (κ2) is 6.11. The highest BCUT2D eigenvalue weighted by Crippen LogP contribution is 2.25. The van der Waals surface area contributed by atoms with E-state index >= 15 is 0 Å². The SMILES string of the molecule is CCOC1CCN(c2nn3c(=O)cc(CC)nc3s2)CC1. The fourth-order valence-electron chi connectivity index (χ4n) is 2.60. The molecule has 1 saturated heterocycles. The van der Waals surface area contributed by atoms with Crippen LogP contribution in [-0.4, -0.2) is 40.4 Å². The van der Waals surface area contributed by atoms with Crippen molar-refractivity contribution in [2.24, 2.45) is 0 Å². The van der Waals surface area contributed by atoms with Gasteiger partial charge in [0.1, 0.15) is 0 Å². The zero-order valence-corrected chi connectivity index (χ0v) is 13.2. The Morgan fingerprint density at radius 2 is 2.14 bits per heavy atom. The fraction of sp³-hybridized carbons (Fsp3) is 0.643. The maximum absolute atomic E-state index is 12.0. The van der Waals surface area contributed by atoms with Gasteiger partial charge in [-0.2, -0.15) is 4.52 Å². The van der Waals surface area contributed by atoms with Crippen LogP contribution in [0.4, 0.5) is 5.13 Å². The molecule has 0 spiro atoms. The first-order chi connectivity index (χ1) is 10.2. The van der Waals surface area contributed by atoms with E-state index in [1.807, 2.05) is 13.8 Å². The van der Waals surface area contributed by atoms with Crippen molar-refractivity contribution in [2.45, 2.75) is 39.2 Å². The highest BCUT2D eigenvalue weighted by atomic mass is 32.1. The molecule has 6 nitrogen and oxygen atoms in total. The average Bonchev–Trinajstić information content (AvgIpc) is 2.93.